The van der Waals surface area contributed by atoms with Crippen molar-refractivity contribution in [3.05, 3.63) is 0 Å². The third-order valence-corrected chi connectivity index (χ3v) is 3.47. The van der Waals surface area contributed by atoms with E-state index >= 15 is 0 Å². The Kier molecular flexibility index (Phi) is 10.9. The fraction of sp³-hybridized carbons (Fsp3) is 0.917. The minimum Gasteiger partial charge on any atom is -0.381 e. The van der Waals surface area contributed by atoms with E-state index < -0.39 is 5.54 Å². The first-order valence-corrected chi connectivity index (χ1v) is 6.31. The lowest BCUT2D eigenvalue weighted by molar-refractivity contribution is -0.129. The summed E-state index contributed by atoms with van der Waals surface area (Å²) in [6, 6.07) is 0.488. The monoisotopic (exact) mass is 315 g/mol. The molecule has 0 aromatic heterocycles. The van der Waals surface area contributed by atoms with E-state index in [-0.39, 0.29) is 30.7 Å². The van der Waals surface area contributed by atoms with Crippen LogP contribution in [0.3, 0.4) is 0 Å². The maximum Gasteiger partial charge on any atom is 0.240 e. The zero-order chi connectivity index (χ0) is 12.9. The smallest absolute Gasteiger partial charge is 0.240 e. The van der Waals surface area contributed by atoms with Gasteiger partial charge in [-0.2, -0.15) is 0 Å². The Morgan fingerprint density at radius 3 is 2.37 bits per heavy atom. The van der Waals surface area contributed by atoms with Crippen LogP contribution in [0.2, 0.25) is 0 Å². The number of nitrogens with zero attached hydrogens (tertiary/aromatic N) is 1. The molecule has 1 rings (SSSR count). The first kappa shape index (κ1) is 21.2. The number of nitrogens with one attached hydrogen (secondary N) is 1. The first-order valence-electron chi connectivity index (χ1n) is 6.31. The van der Waals surface area contributed by atoms with Crippen LogP contribution < -0.4 is 11.1 Å². The number of likely N-dealkylation sites (N-methyl/N-ethyl adjacent to an activating group) is 1. The second-order valence-corrected chi connectivity index (χ2v) is 5.10. The van der Waals surface area contributed by atoms with Crippen molar-refractivity contribution in [2.75, 3.05) is 33.4 Å². The molecule has 5 nitrogen and oxygen atoms in total. The Morgan fingerprint density at radius 2 is 1.89 bits per heavy atom. The predicted octanol–water partition coefficient (Wildman–Crippen LogP) is 0.794. The fourth-order valence-electron chi connectivity index (χ4n) is 1.74. The normalized spacial score (nSPS) is 17.6. The van der Waals surface area contributed by atoms with Crippen molar-refractivity contribution in [2.24, 2.45) is 5.73 Å². The molecule has 0 atom stereocenters. The van der Waals surface area contributed by atoms with Crippen LogP contribution in [0.25, 0.3) is 0 Å². The van der Waals surface area contributed by atoms with Crippen molar-refractivity contribution in [3.8, 4) is 0 Å². The number of amides is 1. The zero-order valence-electron chi connectivity index (χ0n) is 12.0. The van der Waals surface area contributed by atoms with E-state index in [2.05, 4.69) is 24.1 Å². The van der Waals surface area contributed by atoms with Gasteiger partial charge in [0.1, 0.15) is 0 Å². The van der Waals surface area contributed by atoms with Crippen molar-refractivity contribution in [3.63, 3.8) is 0 Å². The lowest BCUT2D eigenvalue weighted by Crippen LogP contribution is -2.57. The summed E-state index contributed by atoms with van der Waals surface area (Å²) >= 11 is 0. The van der Waals surface area contributed by atoms with Crippen LogP contribution in [0.4, 0.5) is 0 Å². The lowest BCUT2D eigenvalue weighted by Gasteiger charge is -2.32. The molecule has 0 aromatic carbocycles. The maximum atomic E-state index is 12.0. The van der Waals surface area contributed by atoms with E-state index in [1.807, 2.05) is 7.05 Å². The van der Waals surface area contributed by atoms with E-state index in [9.17, 15) is 4.79 Å². The van der Waals surface area contributed by atoms with Crippen LogP contribution in [-0.2, 0) is 9.53 Å². The zero-order valence-corrected chi connectivity index (χ0v) is 13.6. The molecule has 0 saturated carbocycles. The molecule has 0 aromatic rings. The lowest BCUT2D eigenvalue weighted by atomic mass is 9.90. The van der Waals surface area contributed by atoms with Crippen molar-refractivity contribution in [1.82, 2.24) is 10.2 Å². The third kappa shape index (κ3) is 6.77. The molecule has 1 fully saturated rings. The van der Waals surface area contributed by atoms with Crippen LogP contribution in [0.15, 0.2) is 0 Å². The Balaban J connectivity index is 0. The second kappa shape index (κ2) is 9.77. The molecule has 0 bridgehead atoms. The summed E-state index contributed by atoms with van der Waals surface area (Å²) in [5, 5.41) is 2.92. The topological polar surface area (TPSA) is 67.6 Å². The molecule has 1 aliphatic rings. The van der Waals surface area contributed by atoms with E-state index in [1.165, 1.54) is 0 Å². The highest BCUT2D eigenvalue weighted by atomic mass is 35.5. The van der Waals surface area contributed by atoms with Gasteiger partial charge in [-0.15, -0.1) is 24.8 Å². The van der Waals surface area contributed by atoms with Crippen molar-refractivity contribution < 1.29 is 9.53 Å². The number of rotatable bonds is 5. The van der Waals surface area contributed by atoms with E-state index in [0.29, 0.717) is 38.6 Å². The van der Waals surface area contributed by atoms with Crippen LogP contribution in [0.5, 0.6) is 0 Å². The largest absolute Gasteiger partial charge is 0.381 e. The molecule has 1 aliphatic heterocycles. The van der Waals surface area contributed by atoms with Crippen LogP contribution in [0, 0.1) is 0 Å². The summed E-state index contributed by atoms with van der Waals surface area (Å²) in [4.78, 5) is 14.1. The highest BCUT2D eigenvalue weighted by Gasteiger charge is 2.35. The third-order valence-electron chi connectivity index (χ3n) is 3.47. The van der Waals surface area contributed by atoms with Gasteiger partial charge in [-0.1, -0.05) is 0 Å². The van der Waals surface area contributed by atoms with Gasteiger partial charge in [0, 0.05) is 32.3 Å². The fourth-order valence-corrected chi connectivity index (χ4v) is 1.74. The quantitative estimate of drug-likeness (QED) is 0.787. The summed E-state index contributed by atoms with van der Waals surface area (Å²) in [5.41, 5.74) is 5.35. The number of hydrogen-bond acceptors (Lipinski definition) is 4. The molecule has 0 spiro atoms. The van der Waals surface area contributed by atoms with Crippen molar-refractivity contribution in [2.45, 2.75) is 38.3 Å². The Hall–Kier alpha value is -0.0700. The number of hydrogen-bond donors (Lipinski definition) is 2. The van der Waals surface area contributed by atoms with Gasteiger partial charge >= 0.3 is 0 Å². The second-order valence-electron chi connectivity index (χ2n) is 5.10. The Labute approximate surface area is 128 Å². The van der Waals surface area contributed by atoms with E-state index in [1.54, 1.807) is 0 Å². The van der Waals surface area contributed by atoms with Crippen molar-refractivity contribution in [1.29, 1.82) is 0 Å². The summed E-state index contributed by atoms with van der Waals surface area (Å²) in [7, 11) is 2.05. The molecule has 19 heavy (non-hydrogen) atoms. The summed E-state index contributed by atoms with van der Waals surface area (Å²) in [6.07, 6.45) is 1.22. The molecule has 0 aliphatic carbocycles. The SMILES string of the molecule is CC(C)N(C)CCNC(=O)C1(N)CCOCC1.Cl.Cl. The average molecular weight is 316 g/mol. The molecule has 7 heteroatoms. The summed E-state index contributed by atoms with van der Waals surface area (Å²) in [5.74, 6) is -0.0436. The molecule has 1 heterocycles. The van der Waals surface area contributed by atoms with Crippen LogP contribution in [-0.4, -0.2) is 55.7 Å². The molecule has 3 N–H and O–H groups in total. The van der Waals surface area contributed by atoms with Gasteiger partial charge in [0.25, 0.3) is 0 Å². The molecule has 0 radical (unpaired) electrons. The van der Waals surface area contributed by atoms with Gasteiger partial charge in [0.2, 0.25) is 5.91 Å². The number of carbonyl (C=O) groups excluding carboxylic acids is 1. The number of carbonyl (C=O) groups is 1. The van der Waals surface area contributed by atoms with E-state index in [4.69, 9.17) is 10.5 Å². The Bertz CT molecular complexity index is 259. The first-order chi connectivity index (χ1) is 7.96. The maximum absolute atomic E-state index is 12.0. The number of ether oxygens (including phenoxy) is 1. The highest BCUT2D eigenvalue weighted by Crippen LogP contribution is 2.17. The molecule has 1 saturated heterocycles. The predicted molar refractivity (Wildman–Crippen MR) is 82.2 cm³/mol. The highest BCUT2D eigenvalue weighted by molar-refractivity contribution is 5.86. The van der Waals surface area contributed by atoms with Crippen LogP contribution in [0.1, 0.15) is 26.7 Å². The van der Waals surface area contributed by atoms with Gasteiger partial charge in [-0.3, -0.25) is 4.79 Å². The van der Waals surface area contributed by atoms with Gasteiger partial charge in [0.15, 0.2) is 0 Å². The van der Waals surface area contributed by atoms with Crippen molar-refractivity contribution >= 4 is 30.7 Å². The van der Waals surface area contributed by atoms with Crippen LogP contribution >= 0.6 is 24.8 Å². The minimum absolute atomic E-state index is 0. The standard InChI is InChI=1S/C12H25N3O2.2ClH/c1-10(2)15(3)7-6-14-11(16)12(13)4-8-17-9-5-12;;/h10H,4-9,13H2,1-3H3,(H,14,16);2*1H. The molecule has 116 valence electrons. The van der Waals surface area contributed by atoms with Gasteiger partial charge in [-0.05, 0) is 33.7 Å². The Morgan fingerprint density at radius 1 is 1.37 bits per heavy atom. The van der Waals surface area contributed by atoms with Gasteiger partial charge in [0.05, 0.1) is 5.54 Å². The molecular weight excluding hydrogens is 289 g/mol. The van der Waals surface area contributed by atoms with E-state index in [0.717, 1.165) is 6.54 Å². The summed E-state index contributed by atoms with van der Waals surface area (Å²) in [6.45, 7) is 6.91. The van der Waals surface area contributed by atoms with Gasteiger partial charge < -0.3 is 20.7 Å². The number of nitrogens with two attached hydrogens (primary N) is 1. The average Bonchev–Trinajstić information content (AvgIpc) is 2.29. The minimum atomic E-state index is -0.728. The molecular formula is C12H27Cl2N3O2. The van der Waals surface area contributed by atoms with Gasteiger partial charge in [-0.25, -0.2) is 0 Å². The molecule has 0 unspecified atom stereocenters. The number of halogens is 2. The molecule has 1 amide bonds. The summed E-state index contributed by atoms with van der Waals surface area (Å²) < 4.78 is 5.22.